The third-order valence-corrected chi connectivity index (χ3v) is 4.49. The first-order valence-corrected chi connectivity index (χ1v) is 8.72. The standard InChI is InChI=1S/C21H25N3O/c1-16(2)24(12-13-25)15-20-14-22-23-21(20)19-10-8-18(9-11-19)17-6-4-3-5-7-17/h3-11,14,16,25H,12-13,15H2,1-2H3,(H,22,23). The first-order chi connectivity index (χ1) is 12.2. The molecular formula is C21H25N3O. The minimum Gasteiger partial charge on any atom is -0.395 e. The maximum atomic E-state index is 9.27. The molecule has 2 N–H and O–H groups in total. The summed E-state index contributed by atoms with van der Waals surface area (Å²) in [6.45, 7) is 5.88. The van der Waals surface area contributed by atoms with Crippen LogP contribution < -0.4 is 0 Å². The van der Waals surface area contributed by atoms with Gasteiger partial charge in [0.2, 0.25) is 0 Å². The number of H-pyrrole nitrogens is 1. The van der Waals surface area contributed by atoms with Crippen LogP contribution in [0.5, 0.6) is 0 Å². The molecule has 0 aliphatic carbocycles. The van der Waals surface area contributed by atoms with Gasteiger partial charge in [0.1, 0.15) is 0 Å². The number of aliphatic hydroxyl groups is 1. The highest BCUT2D eigenvalue weighted by Crippen LogP contribution is 2.26. The van der Waals surface area contributed by atoms with Crippen molar-refractivity contribution in [3.63, 3.8) is 0 Å². The zero-order chi connectivity index (χ0) is 17.6. The van der Waals surface area contributed by atoms with Crippen LogP contribution >= 0.6 is 0 Å². The number of aromatic amines is 1. The van der Waals surface area contributed by atoms with Crippen molar-refractivity contribution in [2.45, 2.75) is 26.4 Å². The first kappa shape index (κ1) is 17.4. The maximum Gasteiger partial charge on any atom is 0.0695 e. The van der Waals surface area contributed by atoms with Crippen molar-refractivity contribution in [3.05, 3.63) is 66.4 Å². The minimum atomic E-state index is 0.164. The van der Waals surface area contributed by atoms with Crippen molar-refractivity contribution >= 4 is 0 Å². The van der Waals surface area contributed by atoms with Crippen molar-refractivity contribution in [2.24, 2.45) is 0 Å². The zero-order valence-corrected chi connectivity index (χ0v) is 14.8. The van der Waals surface area contributed by atoms with E-state index in [2.05, 4.69) is 77.5 Å². The van der Waals surface area contributed by atoms with Crippen LogP contribution in [0.3, 0.4) is 0 Å². The second kappa shape index (κ2) is 8.10. The molecule has 0 aliphatic heterocycles. The summed E-state index contributed by atoms with van der Waals surface area (Å²) in [5.74, 6) is 0. The number of hydrogen-bond acceptors (Lipinski definition) is 3. The van der Waals surface area contributed by atoms with E-state index in [9.17, 15) is 5.11 Å². The molecule has 0 saturated carbocycles. The average Bonchev–Trinajstić information content (AvgIpc) is 3.10. The quantitative estimate of drug-likeness (QED) is 0.687. The van der Waals surface area contributed by atoms with E-state index >= 15 is 0 Å². The molecule has 4 heteroatoms. The Balaban J connectivity index is 1.82. The molecule has 4 nitrogen and oxygen atoms in total. The summed E-state index contributed by atoms with van der Waals surface area (Å²) in [5, 5.41) is 16.6. The molecule has 0 unspecified atom stereocenters. The van der Waals surface area contributed by atoms with Crippen LogP contribution in [-0.2, 0) is 6.54 Å². The molecule has 0 atom stereocenters. The van der Waals surface area contributed by atoms with E-state index in [1.54, 1.807) is 0 Å². The van der Waals surface area contributed by atoms with E-state index in [4.69, 9.17) is 0 Å². The predicted molar refractivity (Wildman–Crippen MR) is 102 cm³/mol. The molecule has 25 heavy (non-hydrogen) atoms. The highest BCUT2D eigenvalue weighted by atomic mass is 16.3. The second-order valence-corrected chi connectivity index (χ2v) is 6.50. The summed E-state index contributed by atoms with van der Waals surface area (Å²) in [6.07, 6.45) is 1.88. The van der Waals surface area contributed by atoms with Gasteiger partial charge in [0.25, 0.3) is 0 Å². The monoisotopic (exact) mass is 335 g/mol. The smallest absolute Gasteiger partial charge is 0.0695 e. The lowest BCUT2D eigenvalue weighted by atomic mass is 10.0. The summed E-state index contributed by atoms with van der Waals surface area (Å²) in [6, 6.07) is 19.3. The molecule has 0 saturated heterocycles. The zero-order valence-electron chi connectivity index (χ0n) is 14.8. The Morgan fingerprint density at radius 2 is 1.60 bits per heavy atom. The van der Waals surface area contributed by atoms with Crippen molar-refractivity contribution in [2.75, 3.05) is 13.2 Å². The highest BCUT2D eigenvalue weighted by molar-refractivity contribution is 5.69. The number of aromatic nitrogens is 2. The fraction of sp³-hybridized carbons (Fsp3) is 0.286. The Kier molecular flexibility index (Phi) is 5.64. The predicted octanol–water partition coefficient (Wildman–Crippen LogP) is 3.95. The van der Waals surface area contributed by atoms with Gasteiger partial charge in [-0.2, -0.15) is 5.10 Å². The van der Waals surface area contributed by atoms with E-state index in [0.29, 0.717) is 12.6 Å². The number of nitrogens with zero attached hydrogens (tertiary/aromatic N) is 2. The molecule has 3 rings (SSSR count). The van der Waals surface area contributed by atoms with Gasteiger partial charge in [-0.15, -0.1) is 0 Å². The van der Waals surface area contributed by atoms with E-state index < -0.39 is 0 Å². The van der Waals surface area contributed by atoms with Gasteiger partial charge in [-0.1, -0.05) is 54.6 Å². The lowest BCUT2D eigenvalue weighted by Gasteiger charge is -2.25. The highest BCUT2D eigenvalue weighted by Gasteiger charge is 2.14. The fourth-order valence-electron chi connectivity index (χ4n) is 3.01. The molecule has 0 fully saturated rings. The first-order valence-electron chi connectivity index (χ1n) is 8.72. The van der Waals surface area contributed by atoms with Crippen molar-refractivity contribution in [3.8, 4) is 22.4 Å². The van der Waals surface area contributed by atoms with Gasteiger partial charge in [-0.25, -0.2) is 0 Å². The topological polar surface area (TPSA) is 52.1 Å². The van der Waals surface area contributed by atoms with Gasteiger partial charge in [0, 0.05) is 24.7 Å². The van der Waals surface area contributed by atoms with Crippen LogP contribution in [0.2, 0.25) is 0 Å². The molecular weight excluding hydrogens is 310 g/mol. The molecule has 0 radical (unpaired) electrons. The SMILES string of the molecule is CC(C)N(CCO)Cc1cn[nH]c1-c1ccc(-c2ccccc2)cc1. The number of benzene rings is 2. The molecule has 1 aromatic heterocycles. The molecule has 2 aromatic carbocycles. The third-order valence-electron chi connectivity index (χ3n) is 4.49. The molecule has 0 bridgehead atoms. The van der Waals surface area contributed by atoms with E-state index in [0.717, 1.165) is 23.4 Å². The van der Waals surface area contributed by atoms with Crippen molar-refractivity contribution < 1.29 is 5.11 Å². The van der Waals surface area contributed by atoms with Crippen LogP contribution in [0.4, 0.5) is 0 Å². The molecule has 0 aliphatic rings. The van der Waals surface area contributed by atoms with Gasteiger partial charge in [0.15, 0.2) is 0 Å². The Hall–Kier alpha value is -2.43. The van der Waals surface area contributed by atoms with Gasteiger partial charge in [-0.05, 0) is 30.5 Å². The van der Waals surface area contributed by atoms with Gasteiger partial charge in [0.05, 0.1) is 18.5 Å². The molecule has 0 spiro atoms. The number of rotatable bonds is 7. The van der Waals surface area contributed by atoms with E-state index in [-0.39, 0.29) is 6.61 Å². The summed E-state index contributed by atoms with van der Waals surface area (Å²) >= 11 is 0. The van der Waals surface area contributed by atoms with Crippen LogP contribution in [0, 0.1) is 0 Å². The number of nitrogens with one attached hydrogen (secondary N) is 1. The minimum absolute atomic E-state index is 0.164. The number of hydrogen-bond donors (Lipinski definition) is 2. The summed E-state index contributed by atoms with van der Waals surface area (Å²) in [4.78, 5) is 2.24. The molecule has 1 heterocycles. The lowest BCUT2D eigenvalue weighted by Crippen LogP contribution is -2.32. The molecule has 130 valence electrons. The fourth-order valence-corrected chi connectivity index (χ4v) is 3.01. The maximum absolute atomic E-state index is 9.27. The summed E-state index contributed by atoms with van der Waals surface area (Å²) in [5.41, 5.74) is 5.74. The third kappa shape index (κ3) is 4.16. The normalized spacial score (nSPS) is 11.4. The van der Waals surface area contributed by atoms with Gasteiger partial charge >= 0.3 is 0 Å². The van der Waals surface area contributed by atoms with Gasteiger partial charge < -0.3 is 5.11 Å². The van der Waals surface area contributed by atoms with Crippen LogP contribution in [0.25, 0.3) is 22.4 Å². The van der Waals surface area contributed by atoms with E-state index in [1.165, 1.54) is 11.1 Å². The Bertz CT molecular complexity index is 778. The second-order valence-electron chi connectivity index (χ2n) is 6.50. The van der Waals surface area contributed by atoms with Crippen LogP contribution in [0.15, 0.2) is 60.8 Å². The summed E-state index contributed by atoms with van der Waals surface area (Å²) < 4.78 is 0. The Morgan fingerprint density at radius 3 is 2.24 bits per heavy atom. The van der Waals surface area contributed by atoms with Crippen molar-refractivity contribution in [1.29, 1.82) is 0 Å². The number of aliphatic hydroxyl groups excluding tert-OH is 1. The molecule has 0 amide bonds. The summed E-state index contributed by atoms with van der Waals surface area (Å²) in [7, 11) is 0. The Labute approximate surface area is 149 Å². The largest absolute Gasteiger partial charge is 0.395 e. The lowest BCUT2D eigenvalue weighted by molar-refractivity contribution is 0.159. The Morgan fingerprint density at radius 1 is 0.960 bits per heavy atom. The average molecular weight is 335 g/mol. The molecule has 3 aromatic rings. The van der Waals surface area contributed by atoms with Crippen molar-refractivity contribution in [1.82, 2.24) is 15.1 Å². The van der Waals surface area contributed by atoms with Crippen LogP contribution in [-0.4, -0.2) is 39.4 Å². The van der Waals surface area contributed by atoms with Crippen LogP contribution in [0.1, 0.15) is 19.4 Å². The van der Waals surface area contributed by atoms with E-state index in [1.807, 2.05) is 12.3 Å². The van der Waals surface area contributed by atoms with Gasteiger partial charge in [-0.3, -0.25) is 10.00 Å².